The second kappa shape index (κ2) is 7.29. The molecule has 1 aromatic heterocycles. The lowest BCUT2D eigenvalue weighted by molar-refractivity contribution is 0.0996. The van der Waals surface area contributed by atoms with Gasteiger partial charge in [0.25, 0.3) is 15.9 Å². The number of anilines is 2. The largest absolute Gasteiger partial charge is 0.302 e. The molecular weight excluding hydrogens is 440 g/mol. The summed E-state index contributed by atoms with van der Waals surface area (Å²) in [6, 6.07) is 8.92. The lowest BCUT2D eigenvalue weighted by atomic mass is 10.1. The minimum absolute atomic E-state index is 0.0814. The number of carbonyl (C=O) groups is 1. The van der Waals surface area contributed by atoms with E-state index in [9.17, 15) is 17.6 Å². The van der Waals surface area contributed by atoms with Crippen LogP contribution < -0.4 is 9.62 Å². The minimum atomic E-state index is -3.99. The molecule has 148 valence electrons. The van der Waals surface area contributed by atoms with Crippen LogP contribution in [0.5, 0.6) is 0 Å². The molecule has 3 aromatic rings. The van der Waals surface area contributed by atoms with Crippen LogP contribution in [0.1, 0.15) is 15.9 Å². The van der Waals surface area contributed by atoms with Crippen LogP contribution in [-0.4, -0.2) is 19.3 Å². The maximum atomic E-state index is 13.1. The third-order valence-corrected chi connectivity index (χ3v) is 6.31. The standard InChI is InChI=1S/C19H12Cl2FN3O3S/c20-11-7-13(9-23-8-11)25-10-15-17(6-5-16(21)18(15)19(25)26)24-29(27,28)14-3-1-12(22)2-4-14/h1-9,24H,10H2. The molecular formula is C19H12Cl2FN3O3S. The monoisotopic (exact) mass is 451 g/mol. The van der Waals surface area contributed by atoms with Gasteiger partial charge in [0, 0.05) is 11.8 Å². The second-order valence-electron chi connectivity index (χ2n) is 6.26. The van der Waals surface area contributed by atoms with Crippen molar-refractivity contribution in [2.24, 2.45) is 0 Å². The number of hydrogen-bond acceptors (Lipinski definition) is 4. The fourth-order valence-electron chi connectivity index (χ4n) is 3.05. The zero-order chi connectivity index (χ0) is 20.8. The summed E-state index contributed by atoms with van der Waals surface area (Å²) in [4.78, 5) is 18.2. The van der Waals surface area contributed by atoms with E-state index in [0.717, 1.165) is 24.3 Å². The van der Waals surface area contributed by atoms with Gasteiger partial charge in [0.05, 0.1) is 44.6 Å². The van der Waals surface area contributed by atoms with Crippen molar-refractivity contribution >= 4 is 50.5 Å². The summed E-state index contributed by atoms with van der Waals surface area (Å²) in [6.07, 6.45) is 2.92. The lowest BCUT2D eigenvalue weighted by Crippen LogP contribution is -2.23. The van der Waals surface area contributed by atoms with Gasteiger partial charge in [-0.15, -0.1) is 0 Å². The predicted molar refractivity (Wildman–Crippen MR) is 108 cm³/mol. The average molecular weight is 452 g/mol. The Bertz CT molecular complexity index is 1230. The molecule has 6 nitrogen and oxygen atoms in total. The number of hydrogen-bond donors (Lipinski definition) is 1. The van der Waals surface area contributed by atoms with Crippen LogP contribution in [0.25, 0.3) is 0 Å². The molecule has 1 N–H and O–H groups in total. The number of benzene rings is 2. The van der Waals surface area contributed by atoms with Gasteiger partial charge in [0.2, 0.25) is 0 Å². The molecule has 29 heavy (non-hydrogen) atoms. The molecule has 1 amide bonds. The van der Waals surface area contributed by atoms with Gasteiger partial charge in [0.15, 0.2) is 0 Å². The van der Waals surface area contributed by atoms with Crippen molar-refractivity contribution in [1.82, 2.24) is 4.98 Å². The number of carbonyl (C=O) groups excluding carboxylic acids is 1. The third kappa shape index (κ3) is 3.66. The summed E-state index contributed by atoms with van der Waals surface area (Å²) >= 11 is 12.2. The zero-order valence-corrected chi connectivity index (χ0v) is 16.9. The van der Waals surface area contributed by atoms with E-state index in [1.54, 1.807) is 6.07 Å². The normalized spacial score (nSPS) is 13.5. The van der Waals surface area contributed by atoms with Gasteiger partial charge in [0.1, 0.15) is 5.82 Å². The fraction of sp³-hybridized carbons (Fsp3) is 0.0526. The Morgan fingerprint density at radius 1 is 1.07 bits per heavy atom. The van der Waals surface area contributed by atoms with E-state index >= 15 is 0 Å². The van der Waals surface area contributed by atoms with Gasteiger partial charge in [-0.2, -0.15) is 0 Å². The Morgan fingerprint density at radius 2 is 1.79 bits per heavy atom. The van der Waals surface area contributed by atoms with Crippen molar-refractivity contribution in [3.63, 3.8) is 0 Å². The van der Waals surface area contributed by atoms with Crippen LogP contribution in [0.3, 0.4) is 0 Å². The van der Waals surface area contributed by atoms with Crippen molar-refractivity contribution in [2.75, 3.05) is 9.62 Å². The topological polar surface area (TPSA) is 79.4 Å². The molecule has 0 aliphatic carbocycles. The molecule has 2 aromatic carbocycles. The third-order valence-electron chi connectivity index (χ3n) is 4.41. The summed E-state index contributed by atoms with van der Waals surface area (Å²) in [7, 11) is -3.99. The SMILES string of the molecule is O=C1c2c(Cl)ccc(NS(=O)(=O)c3ccc(F)cc3)c2CN1c1cncc(Cl)c1. The first-order valence-electron chi connectivity index (χ1n) is 8.28. The second-order valence-corrected chi connectivity index (χ2v) is 8.79. The van der Waals surface area contributed by atoms with Gasteiger partial charge < -0.3 is 4.90 Å². The molecule has 1 aliphatic heterocycles. The average Bonchev–Trinajstić information content (AvgIpc) is 3.03. The maximum absolute atomic E-state index is 13.1. The van der Waals surface area contributed by atoms with Gasteiger partial charge in [-0.1, -0.05) is 23.2 Å². The lowest BCUT2D eigenvalue weighted by Gasteiger charge is -2.15. The number of amides is 1. The number of sulfonamides is 1. The number of nitrogens with zero attached hydrogens (tertiary/aromatic N) is 2. The van der Waals surface area contributed by atoms with Crippen molar-refractivity contribution in [3.05, 3.63) is 81.8 Å². The molecule has 2 heterocycles. The summed E-state index contributed by atoms with van der Waals surface area (Å²) in [5.41, 5.74) is 1.29. The van der Waals surface area contributed by atoms with Crippen LogP contribution in [0.4, 0.5) is 15.8 Å². The highest BCUT2D eigenvalue weighted by molar-refractivity contribution is 7.92. The van der Waals surface area contributed by atoms with E-state index < -0.39 is 21.7 Å². The number of nitrogens with one attached hydrogen (secondary N) is 1. The molecule has 0 saturated heterocycles. The van der Waals surface area contributed by atoms with E-state index in [2.05, 4.69) is 9.71 Å². The van der Waals surface area contributed by atoms with E-state index in [1.807, 2.05) is 0 Å². The maximum Gasteiger partial charge on any atom is 0.261 e. The Labute approximate surface area is 175 Å². The summed E-state index contributed by atoms with van der Waals surface area (Å²) in [5, 5.41) is 0.557. The van der Waals surface area contributed by atoms with Gasteiger partial charge in [-0.25, -0.2) is 12.8 Å². The van der Waals surface area contributed by atoms with Gasteiger partial charge >= 0.3 is 0 Å². The van der Waals surface area contributed by atoms with E-state index in [4.69, 9.17) is 23.2 Å². The fourth-order valence-corrected chi connectivity index (χ4v) is 4.57. The molecule has 0 unspecified atom stereocenters. The molecule has 0 spiro atoms. The first-order valence-corrected chi connectivity index (χ1v) is 10.5. The number of halogens is 3. The van der Waals surface area contributed by atoms with E-state index in [0.29, 0.717) is 16.3 Å². The van der Waals surface area contributed by atoms with Crippen LogP contribution in [-0.2, 0) is 16.6 Å². The quantitative estimate of drug-likeness (QED) is 0.633. The number of aromatic nitrogens is 1. The Kier molecular flexibility index (Phi) is 4.94. The van der Waals surface area contributed by atoms with Gasteiger partial charge in [-0.3, -0.25) is 14.5 Å². The summed E-state index contributed by atoms with van der Waals surface area (Å²) < 4.78 is 40.9. The molecule has 0 saturated carbocycles. The molecule has 1 aliphatic rings. The molecule has 0 fully saturated rings. The van der Waals surface area contributed by atoms with E-state index in [-0.39, 0.29) is 27.7 Å². The smallest absolute Gasteiger partial charge is 0.261 e. The zero-order valence-electron chi connectivity index (χ0n) is 14.6. The first kappa shape index (κ1) is 19.6. The highest BCUT2D eigenvalue weighted by Crippen LogP contribution is 2.38. The summed E-state index contributed by atoms with van der Waals surface area (Å²) in [6.45, 7) is 0.0814. The first-order chi connectivity index (χ1) is 13.8. The Morgan fingerprint density at radius 3 is 2.48 bits per heavy atom. The molecule has 10 heteroatoms. The number of rotatable bonds is 4. The van der Waals surface area contributed by atoms with Crippen LogP contribution in [0.2, 0.25) is 10.0 Å². The van der Waals surface area contributed by atoms with Crippen LogP contribution >= 0.6 is 23.2 Å². The molecule has 0 atom stereocenters. The Hall–Kier alpha value is -2.68. The predicted octanol–water partition coefficient (Wildman–Crippen LogP) is 4.49. The van der Waals surface area contributed by atoms with Crippen molar-refractivity contribution in [3.8, 4) is 0 Å². The van der Waals surface area contributed by atoms with Gasteiger partial charge in [-0.05, 0) is 42.5 Å². The number of pyridine rings is 1. The van der Waals surface area contributed by atoms with E-state index in [1.165, 1.54) is 29.4 Å². The van der Waals surface area contributed by atoms with Crippen LogP contribution in [0, 0.1) is 5.82 Å². The van der Waals surface area contributed by atoms with Crippen molar-refractivity contribution < 1.29 is 17.6 Å². The highest BCUT2D eigenvalue weighted by atomic mass is 35.5. The highest BCUT2D eigenvalue weighted by Gasteiger charge is 2.34. The van der Waals surface area contributed by atoms with Crippen LogP contribution in [0.15, 0.2) is 59.8 Å². The number of fused-ring (bicyclic) bond motifs is 1. The summed E-state index contributed by atoms with van der Waals surface area (Å²) in [5.74, 6) is -0.940. The van der Waals surface area contributed by atoms with Crippen molar-refractivity contribution in [2.45, 2.75) is 11.4 Å². The molecule has 4 rings (SSSR count). The molecule has 0 bridgehead atoms. The Balaban J connectivity index is 1.73. The molecule has 0 radical (unpaired) electrons. The van der Waals surface area contributed by atoms with Crippen molar-refractivity contribution in [1.29, 1.82) is 0 Å². The minimum Gasteiger partial charge on any atom is -0.302 e.